The number of morpholine rings is 2. The predicted molar refractivity (Wildman–Crippen MR) is 211 cm³/mol. The molecule has 15 nitrogen and oxygen atoms in total. The van der Waals surface area contributed by atoms with Crippen LogP contribution in [0.5, 0.6) is 5.75 Å². The quantitative estimate of drug-likeness (QED) is 0.137. The number of ether oxygens (including phenoxy) is 6. The molecule has 3 aromatic rings. The van der Waals surface area contributed by atoms with E-state index in [0.29, 0.717) is 78.4 Å². The van der Waals surface area contributed by atoms with Gasteiger partial charge >= 0.3 is 0 Å². The Morgan fingerprint density at radius 3 is 1.46 bits per heavy atom. The largest absolute Gasteiger partial charge is 0.485 e. The summed E-state index contributed by atoms with van der Waals surface area (Å²) in [7, 11) is 0. The normalized spacial score (nSPS) is 15.9. The van der Waals surface area contributed by atoms with Crippen molar-refractivity contribution in [2.24, 2.45) is 5.73 Å². The van der Waals surface area contributed by atoms with Crippen LogP contribution < -0.4 is 15.4 Å². The smallest absolute Gasteiger partial charge is 0.273 e. The van der Waals surface area contributed by atoms with E-state index in [1.54, 1.807) is 58.3 Å². The van der Waals surface area contributed by atoms with Gasteiger partial charge in [-0.05, 0) is 48.5 Å². The van der Waals surface area contributed by atoms with Crippen molar-refractivity contribution in [3.8, 4) is 5.75 Å². The standard InChI is InChI=1S/C40H42F2N4O11S2/c41-31-23-28(24-32(42)34(31)57-22-21-55-18-17-54-19-20-56-25-33(43)47)46-39(50)35(58-29-5-1-26(2-6-29)37(48)44-9-13-52-14-10-44)36(40(46)51)59-30-7-3-27(4-8-30)38(49)45-11-15-53-16-12-45/h1-8,23-24H,9-22,25H2,(H2,43,47). The third kappa shape index (κ3) is 11.7. The molecule has 3 aliphatic heterocycles. The second kappa shape index (κ2) is 21.4. The second-order valence-electron chi connectivity index (χ2n) is 13.0. The highest BCUT2D eigenvalue weighted by Gasteiger charge is 2.41. The monoisotopic (exact) mass is 856 g/mol. The zero-order valence-corrected chi connectivity index (χ0v) is 33.5. The van der Waals surface area contributed by atoms with Crippen LogP contribution >= 0.6 is 23.5 Å². The van der Waals surface area contributed by atoms with E-state index in [-0.39, 0.29) is 73.6 Å². The highest BCUT2D eigenvalue weighted by Crippen LogP contribution is 2.44. The minimum atomic E-state index is -1.14. The van der Waals surface area contributed by atoms with E-state index in [2.05, 4.69) is 0 Å². The van der Waals surface area contributed by atoms with Crippen LogP contribution in [0.1, 0.15) is 20.7 Å². The van der Waals surface area contributed by atoms with Crippen LogP contribution in [0, 0.1) is 11.6 Å². The summed E-state index contributed by atoms with van der Waals surface area (Å²) < 4.78 is 62.4. The van der Waals surface area contributed by atoms with Gasteiger partial charge in [0.05, 0.1) is 75.0 Å². The summed E-state index contributed by atoms with van der Waals surface area (Å²) >= 11 is 1.96. The fourth-order valence-electron chi connectivity index (χ4n) is 6.00. The van der Waals surface area contributed by atoms with Crippen LogP contribution in [0.25, 0.3) is 0 Å². The Hall–Kier alpha value is -4.89. The predicted octanol–water partition coefficient (Wildman–Crippen LogP) is 3.49. The number of halogens is 2. The van der Waals surface area contributed by atoms with E-state index >= 15 is 8.78 Å². The first-order valence-electron chi connectivity index (χ1n) is 18.7. The molecule has 3 aliphatic rings. The van der Waals surface area contributed by atoms with Crippen molar-refractivity contribution < 1.29 is 61.2 Å². The Bertz CT molecular complexity index is 1910. The van der Waals surface area contributed by atoms with E-state index < -0.39 is 35.1 Å². The fourth-order valence-corrected chi connectivity index (χ4v) is 7.98. The first kappa shape index (κ1) is 43.7. The van der Waals surface area contributed by atoms with E-state index in [0.717, 1.165) is 35.7 Å². The van der Waals surface area contributed by atoms with Crippen molar-refractivity contribution in [3.05, 3.63) is 93.2 Å². The maximum absolute atomic E-state index is 15.4. The van der Waals surface area contributed by atoms with Gasteiger partial charge in [0, 0.05) is 59.2 Å². The number of carbonyl (C=O) groups excluding carboxylic acids is 5. The molecule has 6 rings (SSSR count). The Kier molecular flexibility index (Phi) is 15.8. The lowest BCUT2D eigenvalue weighted by Crippen LogP contribution is -2.40. The summed E-state index contributed by atoms with van der Waals surface area (Å²) in [4.78, 5) is 70.0. The lowest BCUT2D eigenvalue weighted by molar-refractivity contribution is -0.123. The summed E-state index contributed by atoms with van der Waals surface area (Å²) in [6, 6.07) is 14.8. The molecular weight excluding hydrogens is 815 g/mol. The number of hydrogen-bond donors (Lipinski definition) is 1. The van der Waals surface area contributed by atoms with Gasteiger partial charge in [0.25, 0.3) is 23.6 Å². The molecule has 2 fully saturated rings. The Balaban J connectivity index is 1.14. The van der Waals surface area contributed by atoms with Gasteiger partial charge in [0.1, 0.15) is 13.2 Å². The van der Waals surface area contributed by atoms with Crippen LogP contribution in [-0.4, -0.2) is 138 Å². The van der Waals surface area contributed by atoms with Gasteiger partial charge in [-0.15, -0.1) is 0 Å². The number of thioether (sulfide) groups is 2. The molecule has 3 aromatic carbocycles. The summed E-state index contributed by atoms with van der Waals surface area (Å²) in [5.74, 6) is -5.52. The number of rotatable bonds is 19. The molecular formula is C40H42F2N4O11S2. The molecule has 0 spiro atoms. The van der Waals surface area contributed by atoms with E-state index in [9.17, 15) is 24.0 Å². The van der Waals surface area contributed by atoms with Gasteiger partial charge in [-0.2, -0.15) is 0 Å². The van der Waals surface area contributed by atoms with Crippen molar-refractivity contribution in [2.75, 3.05) is 104 Å². The Morgan fingerprint density at radius 2 is 1.03 bits per heavy atom. The van der Waals surface area contributed by atoms with Gasteiger partial charge in [-0.3, -0.25) is 24.0 Å². The lowest BCUT2D eigenvalue weighted by atomic mass is 10.2. The van der Waals surface area contributed by atoms with Crippen LogP contribution in [0.15, 0.2) is 80.3 Å². The first-order valence-corrected chi connectivity index (χ1v) is 20.3. The third-order valence-corrected chi connectivity index (χ3v) is 11.3. The Morgan fingerprint density at radius 1 is 0.627 bits per heavy atom. The topological polar surface area (TPSA) is 176 Å². The van der Waals surface area contributed by atoms with Gasteiger partial charge in [-0.25, -0.2) is 13.7 Å². The van der Waals surface area contributed by atoms with Crippen molar-refractivity contribution in [1.29, 1.82) is 0 Å². The number of nitrogens with two attached hydrogens (primary N) is 1. The molecule has 0 atom stereocenters. The molecule has 59 heavy (non-hydrogen) atoms. The maximum atomic E-state index is 15.4. The van der Waals surface area contributed by atoms with E-state index in [1.807, 2.05) is 0 Å². The molecule has 0 aromatic heterocycles. The molecule has 0 radical (unpaired) electrons. The number of hydrogen-bond acceptors (Lipinski definition) is 13. The molecule has 5 amide bonds. The van der Waals surface area contributed by atoms with Crippen molar-refractivity contribution in [1.82, 2.24) is 9.80 Å². The lowest BCUT2D eigenvalue weighted by Gasteiger charge is -2.26. The number of carbonyl (C=O) groups is 5. The van der Waals surface area contributed by atoms with E-state index in [1.165, 1.54) is 0 Å². The number of nitrogens with zero attached hydrogens (tertiary/aromatic N) is 3. The average molecular weight is 857 g/mol. The van der Waals surface area contributed by atoms with Crippen LogP contribution in [0.2, 0.25) is 0 Å². The van der Waals surface area contributed by atoms with Crippen molar-refractivity contribution in [3.63, 3.8) is 0 Å². The van der Waals surface area contributed by atoms with Crippen molar-refractivity contribution >= 4 is 58.7 Å². The SMILES string of the molecule is NC(=O)COCCOCCOCCOc1c(F)cc(N2C(=O)C(Sc3ccc(C(=O)N4CCOCC4)cc3)=C(Sc3ccc(C(=O)N4CCOCC4)cc3)C2=O)cc1F. The first-order chi connectivity index (χ1) is 28.6. The maximum Gasteiger partial charge on any atom is 0.273 e. The van der Waals surface area contributed by atoms with Crippen LogP contribution in [0.3, 0.4) is 0 Å². The van der Waals surface area contributed by atoms with Gasteiger partial charge in [0.15, 0.2) is 17.4 Å². The molecule has 3 heterocycles. The molecule has 2 saturated heterocycles. The van der Waals surface area contributed by atoms with Crippen molar-refractivity contribution in [2.45, 2.75) is 9.79 Å². The summed E-state index contributed by atoms with van der Waals surface area (Å²) in [6.45, 7) is 3.96. The number of anilines is 1. The van der Waals surface area contributed by atoms with Crippen LogP contribution in [0.4, 0.5) is 14.5 Å². The van der Waals surface area contributed by atoms with Crippen LogP contribution in [-0.2, 0) is 38.1 Å². The molecule has 0 unspecified atom stereocenters. The van der Waals surface area contributed by atoms with Gasteiger partial charge in [-0.1, -0.05) is 23.5 Å². The number of benzene rings is 3. The highest BCUT2D eigenvalue weighted by atomic mass is 32.2. The molecule has 0 bridgehead atoms. The minimum Gasteiger partial charge on any atom is -0.485 e. The zero-order valence-electron chi connectivity index (χ0n) is 31.9. The fraction of sp³-hybridized carbons (Fsp3) is 0.375. The summed E-state index contributed by atoms with van der Waals surface area (Å²) in [5.41, 5.74) is 5.52. The van der Waals surface area contributed by atoms with Gasteiger partial charge < -0.3 is 44.0 Å². The number of amides is 5. The average Bonchev–Trinajstić information content (AvgIpc) is 3.47. The zero-order chi connectivity index (χ0) is 41.7. The third-order valence-electron chi connectivity index (χ3n) is 8.94. The summed E-state index contributed by atoms with van der Waals surface area (Å²) in [6.07, 6.45) is 0. The molecule has 0 aliphatic carbocycles. The minimum absolute atomic E-state index is 0.00110. The molecule has 0 saturated carbocycles. The number of imide groups is 1. The summed E-state index contributed by atoms with van der Waals surface area (Å²) in [5, 5.41) is 0. The molecule has 19 heteroatoms. The van der Waals surface area contributed by atoms with Gasteiger partial charge in [0.2, 0.25) is 5.91 Å². The Labute approximate surface area is 347 Å². The van der Waals surface area contributed by atoms with E-state index in [4.69, 9.17) is 34.2 Å². The number of primary amides is 1. The molecule has 2 N–H and O–H groups in total. The molecule has 314 valence electrons. The highest BCUT2D eigenvalue weighted by molar-refractivity contribution is 8.08. The second-order valence-corrected chi connectivity index (χ2v) is 15.2.